The maximum atomic E-state index is 12.0. The van der Waals surface area contributed by atoms with Crippen LogP contribution in [0.5, 0.6) is 0 Å². The number of amides is 1. The topological polar surface area (TPSA) is 92.6 Å². The number of fused-ring (bicyclic) bond motifs is 1. The monoisotopic (exact) mass is 364 g/mol. The third-order valence-corrected chi connectivity index (χ3v) is 5.42. The van der Waals surface area contributed by atoms with Crippen molar-refractivity contribution in [3.63, 3.8) is 0 Å². The second kappa shape index (κ2) is 6.70. The third-order valence-electron chi connectivity index (χ3n) is 5.42. The molecule has 1 amide bonds. The molecule has 1 aliphatic carbocycles. The van der Waals surface area contributed by atoms with E-state index in [0.717, 1.165) is 42.3 Å². The summed E-state index contributed by atoms with van der Waals surface area (Å²) in [5.74, 6) is -0.502. The zero-order valence-electron chi connectivity index (χ0n) is 15.4. The van der Waals surface area contributed by atoms with Crippen LogP contribution in [-0.4, -0.2) is 32.3 Å². The molecule has 0 aliphatic heterocycles. The fraction of sp³-hybridized carbons (Fsp3) is 0.333. The van der Waals surface area contributed by atoms with Crippen LogP contribution in [0.3, 0.4) is 0 Å². The van der Waals surface area contributed by atoms with Gasteiger partial charge < -0.3 is 16.2 Å². The molecule has 0 atom stereocenters. The number of nitrogens with one attached hydrogen (secondary N) is 1. The average Bonchev–Trinajstić information content (AvgIpc) is 3.09. The van der Waals surface area contributed by atoms with Gasteiger partial charge in [0.2, 0.25) is 0 Å². The van der Waals surface area contributed by atoms with E-state index in [2.05, 4.69) is 10.4 Å². The number of nitrogens with zero attached hydrogens (tertiary/aromatic N) is 2. The molecule has 1 aromatic carbocycles. The van der Waals surface area contributed by atoms with Crippen LogP contribution in [0.4, 0.5) is 5.69 Å². The van der Waals surface area contributed by atoms with Gasteiger partial charge >= 0.3 is 0 Å². The quantitative estimate of drug-likeness (QED) is 0.663. The molecule has 1 saturated carbocycles. The van der Waals surface area contributed by atoms with E-state index in [-0.39, 0.29) is 6.04 Å². The Bertz CT molecular complexity index is 969. The maximum Gasteiger partial charge on any atom is 0.252 e. The molecule has 27 heavy (non-hydrogen) atoms. The predicted molar refractivity (Wildman–Crippen MR) is 106 cm³/mol. The maximum absolute atomic E-state index is 12.0. The third kappa shape index (κ3) is 3.53. The number of aliphatic hydroxyl groups is 1. The summed E-state index contributed by atoms with van der Waals surface area (Å²) < 4.78 is 1.77. The largest absolute Gasteiger partial charge is 0.390 e. The molecule has 0 bridgehead atoms. The number of primary amides is 1. The summed E-state index contributed by atoms with van der Waals surface area (Å²) in [4.78, 5) is 12.0. The van der Waals surface area contributed by atoms with E-state index in [1.807, 2.05) is 49.5 Å². The zero-order valence-corrected chi connectivity index (χ0v) is 15.4. The van der Waals surface area contributed by atoms with Gasteiger partial charge in [0.05, 0.1) is 28.6 Å². The first kappa shape index (κ1) is 17.5. The van der Waals surface area contributed by atoms with Crippen LogP contribution in [0.1, 0.15) is 43.0 Å². The van der Waals surface area contributed by atoms with Crippen LogP contribution in [0.2, 0.25) is 0 Å². The van der Waals surface area contributed by atoms with Crippen molar-refractivity contribution < 1.29 is 9.90 Å². The van der Waals surface area contributed by atoms with E-state index in [0.29, 0.717) is 11.3 Å². The van der Waals surface area contributed by atoms with Crippen molar-refractivity contribution in [2.45, 2.75) is 44.2 Å². The van der Waals surface area contributed by atoms with E-state index in [4.69, 9.17) is 5.73 Å². The van der Waals surface area contributed by atoms with Crippen molar-refractivity contribution in [3.05, 3.63) is 54.4 Å². The molecule has 0 spiro atoms. The van der Waals surface area contributed by atoms with Crippen molar-refractivity contribution in [1.29, 1.82) is 0 Å². The molecule has 1 fully saturated rings. The lowest BCUT2D eigenvalue weighted by Gasteiger charge is -2.34. The van der Waals surface area contributed by atoms with Gasteiger partial charge in [0, 0.05) is 17.8 Å². The van der Waals surface area contributed by atoms with Crippen molar-refractivity contribution >= 4 is 17.1 Å². The smallest absolute Gasteiger partial charge is 0.252 e. The van der Waals surface area contributed by atoms with E-state index in [1.165, 1.54) is 6.20 Å². The van der Waals surface area contributed by atoms with Gasteiger partial charge in [-0.2, -0.15) is 5.10 Å². The van der Waals surface area contributed by atoms with Crippen LogP contribution < -0.4 is 11.1 Å². The Kier molecular flexibility index (Phi) is 4.36. The molecule has 3 aromatic rings. The zero-order chi connectivity index (χ0) is 19.0. The second-order valence-corrected chi connectivity index (χ2v) is 7.64. The van der Waals surface area contributed by atoms with Crippen molar-refractivity contribution in [2.24, 2.45) is 5.73 Å². The lowest BCUT2D eigenvalue weighted by atomic mass is 9.83. The minimum atomic E-state index is -0.603. The number of anilines is 1. The molecule has 2 aromatic heterocycles. The van der Waals surface area contributed by atoms with Crippen molar-refractivity contribution in [3.8, 4) is 11.1 Å². The molecule has 4 rings (SSSR count). The first-order valence-corrected chi connectivity index (χ1v) is 9.28. The van der Waals surface area contributed by atoms with Crippen LogP contribution >= 0.6 is 0 Å². The number of carbonyl (C=O) groups excluding carboxylic acids is 1. The lowest BCUT2D eigenvalue weighted by molar-refractivity contribution is 0.0196. The highest BCUT2D eigenvalue weighted by molar-refractivity contribution is 6.02. The minimum Gasteiger partial charge on any atom is -0.390 e. The van der Waals surface area contributed by atoms with Gasteiger partial charge in [-0.15, -0.1) is 0 Å². The number of rotatable bonds is 4. The van der Waals surface area contributed by atoms with Gasteiger partial charge in [0.15, 0.2) is 0 Å². The normalized spacial score (nSPS) is 22.7. The summed E-state index contributed by atoms with van der Waals surface area (Å²) in [6, 6.07) is 12.3. The highest BCUT2D eigenvalue weighted by Gasteiger charge is 2.29. The number of aromatic nitrogens is 2. The van der Waals surface area contributed by atoms with Crippen LogP contribution in [0.25, 0.3) is 16.6 Å². The highest BCUT2D eigenvalue weighted by Crippen LogP contribution is 2.33. The summed E-state index contributed by atoms with van der Waals surface area (Å²) in [6.45, 7) is 1.88. The average molecular weight is 364 g/mol. The molecular formula is C21H24N4O2. The Morgan fingerprint density at radius 1 is 1.26 bits per heavy atom. The van der Waals surface area contributed by atoms with Crippen LogP contribution in [0.15, 0.2) is 48.8 Å². The molecule has 6 nitrogen and oxygen atoms in total. The molecule has 6 heteroatoms. The predicted octanol–water partition coefficient (Wildman–Crippen LogP) is 3.21. The highest BCUT2D eigenvalue weighted by atomic mass is 16.3. The lowest BCUT2D eigenvalue weighted by Crippen LogP contribution is -2.36. The Balaban J connectivity index is 1.73. The van der Waals surface area contributed by atoms with Crippen LogP contribution in [-0.2, 0) is 0 Å². The van der Waals surface area contributed by atoms with Gasteiger partial charge in [0.25, 0.3) is 5.91 Å². The standard InChI is InChI=1S/C21H24N4O2/c1-21(27)9-7-16(8-10-21)24-19-17(20(22)26)12-23-25-13-15(11-18(19)25)14-5-3-2-4-6-14/h2-6,11-13,16,24,27H,7-10H2,1H3,(H2,22,26)/t16-,21+. The van der Waals surface area contributed by atoms with Gasteiger partial charge in [-0.05, 0) is 44.2 Å². The van der Waals surface area contributed by atoms with E-state index in [1.54, 1.807) is 4.52 Å². The summed E-state index contributed by atoms with van der Waals surface area (Å²) >= 11 is 0. The Morgan fingerprint density at radius 2 is 1.96 bits per heavy atom. The molecule has 0 radical (unpaired) electrons. The van der Waals surface area contributed by atoms with Gasteiger partial charge in [-0.25, -0.2) is 4.52 Å². The first-order chi connectivity index (χ1) is 12.9. The van der Waals surface area contributed by atoms with Crippen molar-refractivity contribution in [1.82, 2.24) is 9.61 Å². The summed E-state index contributed by atoms with van der Waals surface area (Å²) in [7, 11) is 0. The van der Waals surface area contributed by atoms with Gasteiger partial charge in [0.1, 0.15) is 0 Å². The van der Waals surface area contributed by atoms with E-state index in [9.17, 15) is 9.90 Å². The Hall–Kier alpha value is -2.86. The number of carbonyl (C=O) groups is 1. The SMILES string of the molecule is C[C@]1(O)CC[C@@H](Nc2c(C(N)=O)cnn3cc(-c4ccccc4)cc23)CC1. The van der Waals surface area contributed by atoms with E-state index < -0.39 is 11.5 Å². The Labute approximate surface area is 158 Å². The fourth-order valence-corrected chi connectivity index (χ4v) is 3.77. The number of benzene rings is 1. The number of hydrogen-bond donors (Lipinski definition) is 3. The minimum absolute atomic E-state index is 0.185. The first-order valence-electron chi connectivity index (χ1n) is 9.28. The van der Waals surface area contributed by atoms with Crippen molar-refractivity contribution in [2.75, 3.05) is 5.32 Å². The summed E-state index contributed by atoms with van der Waals surface area (Å²) in [6.07, 6.45) is 6.61. The molecule has 4 N–H and O–H groups in total. The molecule has 2 heterocycles. The number of hydrogen-bond acceptors (Lipinski definition) is 4. The van der Waals surface area contributed by atoms with Gasteiger partial charge in [-0.3, -0.25) is 4.79 Å². The molecule has 0 unspecified atom stereocenters. The fourth-order valence-electron chi connectivity index (χ4n) is 3.77. The summed E-state index contributed by atoms with van der Waals surface area (Å²) in [5.41, 5.74) is 9.04. The molecule has 140 valence electrons. The summed E-state index contributed by atoms with van der Waals surface area (Å²) in [5, 5.41) is 18.1. The molecule has 1 aliphatic rings. The second-order valence-electron chi connectivity index (χ2n) is 7.64. The number of nitrogens with two attached hydrogens (primary N) is 1. The Morgan fingerprint density at radius 3 is 2.63 bits per heavy atom. The van der Waals surface area contributed by atoms with Crippen LogP contribution in [0, 0.1) is 0 Å². The van der Waals surface area contributed by atoms with Gasteiger partial charge in [-0.1, -0.05) is 30.3 Å². The molecular weight excluding hydrogens is 340 g/mol. The van der Waals surface area contributed by atoms with E-state index >= 15 is 0 Å². The molecule has 0 saturated heterocycles.